The van der Waals surface area contributed by atoms with Gasteiger partial charge < -0.3 is 14.6 Å². The minimum absolute atomic E-state index is 0.0463. The highest BCUT2D eigenvalue weighted by Crippen LogP contribution is 2.32. The van der Waals surface area contributed by atoms with E-state index in [9.17, 15) is 4.79 Å². The quantitative estimate of drug-likeness (QED) is 0.794. The Morgan fingerprint density at radius 2 is 2.17 bits per heavy atom. The molecule has 2 aromatic heterocycles. The third-order valence-electron chi connectivity index (χ3n) is 3.98. The fourth-order valence-electron chi connectivity index (χ4n) is 2.82. The van der Waals surface area contributed by atoms with E-state index in [1.54, 1.807) is 29.9 Å². The molecule has 118 valence electrons. The van der Waals surface area contributed by atoms with E-state index in [2.05, 4.69) is 10.2 Å². The maximum Gasteiger partial charge on any atom is 0.228 e. The molecule has 0 radical (unpaired) electrons. The van der Waals surface area contributed by atoms with Crippen molar-refractivity contribution in [3.63, 3.8) is 0 Å². The van der Waals surface area contributed by atoms with Crippen molar-refractivity contribution in [3.05, 3.63) is 42.4 Å². The van der Waals surface area contributed by atoms with Crippen LogP contribution in [0.25, 0.3) is 10.2 Å². The maximum absolute atomic E-state index is 12.1. The van der Waals surface area contributed by atoms with Gasteiger partial charge in [0.2, 0.25) is 5.91 Å². The summed E-state index contributed by atoms with van der Waals surface area (Å²) < 4.78 is 6.09. The van der Waals surface area contributed by atoms with Gasteiger partial charge in [-0.25, -0.2) is 4.98 Å². The van der Waals surface area contributed by atoms with Crippen LogP contribution in [0.5, 0.6) is 0 Å². The van der Waals surface area contributed by atoms with Crippen LogP contribution < -0.4 is 10.2 Å². The summed E-state index contributed by atoms with van der Waals surface area (Å²) in [5.74, 6) is -0.0463. The number of hydrogen-bond acceptors (Lipinski definition) is 5. The van der Waals surface area contributed by atoms with Gasteiger partial charge in [-0.1, -0.05) is 11.3 Å². The molecule has 6 heteroatoms. The second kappa shape index (κ2) is 6.04. The van der Waals surface area contributed by atoms with Gasteiger partial charge in [0, 0.05) is 18.8 Å². The van der Waals surface area contributed by atoms with Gasteiger partial charge in [-0.3, -0.25) is 4.79 Å². The summed E-state index contributed by atoms with van der Waals surface area (Å²) in [7, 11) is 0. The first kappa shape index (κ1) is 14.3. The van der Waals surface area contributed by atoms with Crippen LogP contribution in [0.15, 0.2) is 41.2 Å². The van der Waals surface area contributed by atoms with Crippen molar-refractivity contribution >= 4 is 38.3 Å². The lowest BCUT2D eigenvalue weighted by atomic mass is 10.2. The van der Waals surface area contributed by atoms with Gasteiger partial charge in [-0.2, -0.15) is 0 Å². The van der Waals surface area contributed by atoms with E-state index in [1.165, 1.54) is 12.8 Å². The van der Waals surface area contributed by atoms with Crippen LogP contribution in [0.1, 0.15) is 18.4 Å². The number of benzene rings is 1. The van der Waals surface area contributed by atoms with Crippen molar-refractivity contribution < 1.29 is 9.21 Å². The molecule has 0 aliphatic carbocycles. The monoisotopic (exact) mass is 327 g/mol. The Kier molecular flexibility index (Phi) is 3.75. The molecule has 1 aliphatic rings. The van der Waals surface area contributed by atoms with Crippen LogP contribution in [-0.4, -0.2) is 24.0 Å². The highest BCUT2D eigenvalue weighted by molar-refractivity contribution is 7.22. The van der Waals surface area contributed by atoms with Gasteiger partial charge >= 0.3 is 0 Å². The number of rotatable bonds is 4. The Balaban J connectivity index is 1.50. The van der Waals surface area contributed by atoms with Gasteiger partial charge in [-0.15, -0.1) is 0 Å². The van der Waals surface area contributed by atoms with E-state index >= 15 is 0 Å². The number of amides is 1. The first-order chi connectivity index (χ1) is 11.3. The molecule has 0 saturated carbocycles. The summed E-state index contributed by atoms with van der Waals surface area (Å²) in [6.45, 7) is 2.18. The molecule has 1 amide bonds. The topological polar surface area (TPSA) is 58.4 Å². The van der Waals surface area contributed by atoms with E-state index in [4.69, 9.17) is 9.40 Å². The molecule has 0 bridgehead atoms. The third kappa shape index (κ3) is 3.07. The number of aromatic nitrogens is 1. The van der Waals surface area contributed by atoms with E-state index in [-0.39, 0.29) is 5.91 Å². The molecule has 1 aromatic carbocycles. The molecule has 1 saturated heterocycles. The Labute approximate surface area is 137 Å². The fraction of sp³-hybridized carbons (Fsp3) is 0.294. The Hall–Kier alpha value is -2.34. The molecule has 0 spiro atoms. The van der Waals surface area contributed by atoms with Crippen molar-refractivity contribution in [2.75, 3.05) is 23.3 Å². The summed E-state index contributed by atoms with van der Waals surface area (Å²) in [4.78, 5) is 19.1. The molecule has 1 N–H and O–H groups in total. The number of nitrogens with zero attached hydrogens (tertiary/aromatic N) is 2. The standard InChI is InChI=1S/C17H17N3O2S/c21-16(9-12-5-8-22-11-12)18-13-3-4-14-15(10-13)23-17(19-14)20-6-1-2-7-20/h3-5,8,10-11H,1-2,6-7,9H2,(H,18,21). The molecule has 3 heterocycles. The van der Waals surface area contributed by atoms with Crippen LogP contribution in [0.2, 0.25) is 0 Å². The lowest BCUT2D eigenvalue weighted by Gasteiger charge is -2.11. The second-order valence-corrected chi connectivity index (χ2v) is 6.74. The molecule has 4 rings (SSSR count). The van der Waals surface area contributed by atoms with Crippen LogP contribution in [0.3, 0.4) is 0 Å². The minimum atomic E-state index is -0.0463. The first-order valence-corrected chi connectivity index (χ1v) is 8.56. The van der Waals surface area contributed by atoms with Crippen molar-refractivity contribution in [1.82, 2.24) is 4.98 Å². The Morgan fingerprint density at radius 3 is 2.96 bits per heavy atom. The second-order valence-electron chi connectivity index (χ2n) is 5.73. The van der Waals surface area contributed by atoms with Gasteiger partial charge in [0.05, 0.1) is 29.2 Å². The highest BCUT2D eigenvalue weighted by atomic mass is 32.1. The predicted molar refractivity (Wildman–Crippen MR) is 92.1 cm³/mol. The lowest BCUT2D eigenvalue weighted by molar-refractivity contribution is -0.115. The molecule has 5 nitrogen and oxygen atoms in total. The molecule has 23 heavy (non-hydrogen) atoms. The summed E-state index contributed by atoms with van der Waals surface area (Å²) in [6, 6.07) is 7.68. The number of thiazole rings is 1. The maximum atomic E-state index is 12.1. The van der Waals surface area contributed by atoms with Gasteiger partial charge in [-0.05, 0) is 42.7 Å². The zero-order valence-corrected chi connectivity index (χ0v) is 13.4. The number of furan rings is 1. The molecular formula is C17H17N3O2S. The Morgan fingerprint density at radius 1 is 1.30 bits per heavy atom. The largest absolute Gasteiger partial charge is 0.472 e. The molecule has 1 fully saturated rings. The number of carbonyl (C=O) groups excluding carboxylic acids is 1. The van der Waals surface area contributed by atoms with Crippen LogP contribution >= 0.6 is 11.3 Å². The number of fused-ring (bicyclic) bond motifs is 1. The van der Waals surface area contributed by atoms with Crippen molar-refractivity contribution in [1.29, 1.82) is 0 Å². The first-order valence-electron chi connectivity index (χ1n) is 7.74. The van der Waals surface area contributed by atoms with Gasteiger partial charge in [0.25, 0.3) is 0 Å². The van der Waals surface area contributed by atoms with Crippen LogP contribution in [0, 0.1) is 0 Å². The van der Waals surface area contributed by atoms with Gasteiger partial charge in [0.1, 0.15) is 0 Å². The normalized spacial score (nSPS) is 14.5. The number of carbonyl (C=O) groups is 1. The number of anilines is 2. The van der Waals surface area contributed by atoms with E-state index in [0.717, 1.165) is 39.7 Å². The number of hydrogen-bond donors (Lipinski definition) is 1. The third-order valence-corrected chi connectivity index (χ3v) is 5.06. The fourth-order valence-corrected chi connectivity index (χ4v) is 3.87. The summed E-state index contributed by atoms with van der Waals surface area (Å²) >= 11 is 1.69. The molecule has 0 atom stereocenters. The van der Waals surface area contributed by atoms with Crippen molar-refractivity contribution in [3.8, 4) is 0 Å². The molecule has 3 aromatic rings. The van der Waals surface area contributed by atoms with E-state index in [1.807, 2.05) is 18.2 Å². The molecular weight excluding hydrogens is 310 g/mol. The minimum Gasteiger partial charge on any atom is -0.472 e. The van der Waals surface area contributed by atoms with E-state index < -0.39 is 0 Å². The summed E-state index contributed by atoms with van der Waals surface area (Å²) in [5.41, 5.74) is 2.67. The lowest BCUT2D eigenvalue weighted by Crippen LogP contribution is -2.16. The SMILES string of the molecule is O=C(Cc1ccoc1)Nc1ccc2nc(N3CCCC3)sc2c1. The highest BCUT2D eigenvalue weighted by Gasteiger charge is 2.16. The summed E-state index contributed by atoms with van der Waals surface area (Å²) in [6.07, 6.45) is 5.97. The zero-order chi connectivity index (χ0) is 15.6. The molecule has 1 aliphatic heterocycles. The van der Waals surface area contributed by atoms with Crippen LogP contribution in [-0.2, 0) is 11.2 Å². The average Bonchev–Trinajstić information content (AvgIpc) is 3.27. The zero-order valence-electron chi connectivity index (χ0n) is 12.6. The summed E-state index contributed by atoms with van der Waals surface area (Å²) in [5, 5.41) is 4.02. The number of nitrogens with one attached hydrogen (secondary N) is 1. The van der Waals surface area contributed by atoms with Gasteiger partial charge in [0.15, 0.2) is 5.13 Å². The van der Waals surface area contributed by atoms with E-state index in [0.29, 0.717) is 6.42 Å². The van der Waals surface area contributed by atoms with Crippen LogP contribution in [0.4, 0.5) is 10.8 Å². The predicted octanol–water partition coefficient (Wildman–Crippen LogP) is 3.67. The van der Waals surface area contributed by atoms with Crippen molar-refractivity contribution in [2.24, 2.45) is 0 Å². The smallest absolute Gasteiger partial charge is 0.228 e. The average molecular weight is 327 g/mol. The van der Waals surface area contributed by atoms with Crippen molar-refractivity contribution in [2.45, 2.75) is 19.3 Å². The Bertz CT molecular complexity index is 820. The molecule has 0 unspecified atom stereocenters.